The Labute approximate surface area is 165 Å². The highest BCUT2D eigenvalue weighted by atomic mass is 19.1. The maximum Gasteiger partial charge on any atom is 0.235 e. The molecule has 3 rings (SSSR count). The molecule has 0 atom stereocenters. The van der Waals surface area contributed by atoms with Crippen molar-refractivity contribution in [3.63, 3.8) is 0 Å². The van der Waals surface area contributed by atoms with Crippen molar-refractivity contribution in [2.45, 2.75) is 50.9 Å². The first kappa shape index (κ1) is 19.9. The summed E-state index contributed by atoms with van der Waals surface area (Å²) in [4.78, 5) is 13.3. The van der Waals surface area contributed by atoms with Crippen molar-refractivity contribution < 1.29 is 13.9 Å². The average Bonchev–Trinajstić information content (AvgIpc) is 2.73. The number of halogens is 1. The second-order valence-corrected chi connectivity index (χ2v) is 7.27. The van der Waals surface area contributed by atoms with E-state index in [9.17, 15) is 14.4 Å². The second-order valence-electron chi connectivity index (χ2n) is 7.27. The average molecular weight is 380 g/mol. The van der Waals surface area contributed by atoms with Crippen LogP contribution in [-0.4, -0.2) is 12.5 Å². The highest BCUT2D eigenvalue weighted by Crippen LogP contribution is 2.40. The molecule has 0 unspecified atom stereocenters. The Balaban J connectivity index is 1.86. The molecular weight excluding hydrogens is 355 g/mol. The molecule has 0 spiro atoms. The normalized spacial score (nSPS) is 15.5. The molecule has 1 N–H and O–H groups in total. The van der Waals surface area contributed by atoms with Crippen molar-refractivity contribution in [1.29, 1.82) is 5.26 Å². The van der Waals surface area contributed by atoms with Crippen LogP contribution in [0.2, 0.25) is 0 Å². The van der Waals surface area contributed by atoms with Crippen LogP contribution in [0.3, 0.4) is 0 Å². The predicted octanol–water partition coefficient (Wildman–Crippen LogP) is 5.33. The number of anilines is 1. The van der Waals surface area contributed by atoms with E-state index in [1.54, 1.807) is 30.3 Å². The first-order valence-electron chi connectivity index (χ1n) is 9.83. The van der Waals surface area contributed by atoms with Gasteiger partial charge >= 0.3 is 0 Å². The van der Waals surface area contributed by atoms with E-state index in [0.717, 1.165) is 44.1 Å². The molecule has 0 aliphatic heterocycles. The molecule has 0 saturated heterocycles. The van der Waals surface area contributed by atoms with Gasteiger partial charge < -0.3 is 10.1 Å². The summed E-state index contributed by atoms with van der Waals surface area (Å²) >= 11 is 0. The molecule has 4 nitrogen and oxygen atoms in total. The fourth-order valence-corrected chi connectivity index (χ4v) is 3.85. The standard InChI is InChI=1S/C23H25FN2O2/c1-2-14-28-21-11-10-20(15-17(21)16-25)26-22(27)23(12-4-3-5-13-23)18-6-8-19(24)9-7-18/h6-11,15H,2-5,12-14H2,1H3,(H,26,27). The lowest BCUT2D eigenvalue weighted by atomic mass is 9.68. The van der Waals surface area contributed by atoms with Gasteiger partial charge in [0.25, 0.3) is 0 Å². The third kappa shape index (κ3) is 4.17. The Bertz CT molecular complexity index is 865. The summed E-state index contributed by atoms with van der Waals surface area (Å²) < 4.78 is 19.0. The number of carbonyl (C=O) groups excluding carboxylic acids is 1. The number of nitrogens with one attached hydrogen (secondary N) is 1. The second kappa shape index (κ2) is 8.88. The van der Waals surface area contributed by atoms with Gasteiger partial charge in [0.05, 0.1) is 17.6 Å². The molecule has 1 amide bonds. The summed E-state index contributed by atoms with van der Waals surface area (Å²) in [5, 5.41) is 12.4. The monoisotopic (exact) mass is 380 g/mol. The SMILES string of the molecule is CCCOc1ccc(NC(=O)C2(c3ccc(F)cc3)CCCCC2)cc1C#N. The van der Waals surface area contributed by atoms with Crippen LogP contribution < -0.4 is 10.1 Å². The van der Waals surface area contributed by atoms with Gasteiger partial charge in [-0.05, 0) is 55.2 Å². The summed E-state index contributed by atoms with van der Waals surface area (Å²) in [5.74, 6) is 0.106. The van der Waals surface area contributed by atoms with E-state index in [4.69, 9.17) is 4.74 Å². The van der Waals surface area contributed by atoms with Crippen LogP contribution in [0.15, 0.2) is 42.5 Å². The lowest BCUT2D eigenvalue weighted by molar-refractivity contribution is -0.122. The zero-order valence-corrected chi connectivity index (χ0v) is 16.1. The molecule has 1 fully saturated rings. The van der Waals surface area contributed by atoms with Crippen LogP contribution in [0.25, 0.3) is 0 Å². The molecule has 0 aromatic heterocycles. The van der Waals surface area contributed by atoms with Crippen LogP contribution in [0.5, 0.6) is 5.75 Å². The van der Waals surface area contributed by atoms with E-state index in [1.165, 1.54) is 12.1 Å². The Morgan fingerprint density at radius 1 is 1.18 bits per heavy atom. The zero-order valence-electron chi connectivity index (χ0n) is 16.1. The number of rotatable bonds is 6. The molecule has 0 bridgehead atoms. The number of ether oxygens (including phenoxy) is 1. The molecule has 2 aromatic carbocycles. The summed E-state index contributed by atoms with van der Waals surface area (Å²) in [7, 11) is 0. The van der Waals surface area contributed by atoms with Crippen LogP contribution >= 0.6 is 0 Å². The first-order chi connectivity index (χ1) is 13.6. The fourth-order valence-electron chi connectivity index (χ4n) is 3.85. The van der Waals surface area contributed by atoms with Crippen molar-refractivity contribution in [2.75, 3.05) is 11.9 Å². The minimum absolute atomic E-state index is 0.107. The summed E-state index contributed by atoms with van der Waals surface area (Å²) in [6.07, 6.45) is 5.32. The Morgan fingerprint density at radius 2 is 1.89 bits per heavy atom. The molecule has 1 aliphatic rings. The van der Waals surface area contributed by atoms with Gasteiger partial charge in [-0.1, -0.05) is 38.3 Å². The van der Waals surface area contributed by atoms with Crippen molar-refractivity contribution in [2.24, 2.45) is 0 Å². The van der Waals surface area contributed by atoms with E-state index >= 15 is 0 Å². The zero-order chi connectivity index (χ0) is 20.0. The molecule has 0 heterocycles. The van der Waals surface area contributed by atoms with E-state index < -0.39 is 5.41 Å². The summed E-state index contributed by atoms with van der Waals surface area (Å²) in [5.41, 5.74) is 1.13. The maximum atomic E-state index is 13.4. The largest absolute Gasteiger partial charge is 0.492 e. The van der Waals surface area contributed by atoms with Crippen LogP contribution in [-0.2, 0) is 10.2 Å². The van der Waals surface area contributed by atoms with Crippen molar-refractivity contribution in [1.82, 2.24) is 0 Å². The van der Waals surface area contributed by atoms with Crippen LogP contribution in [0.1, 0.15) is 56.6 Å². The molecule has 146 valence electrons. The van der Waals surface area contributed by atoms with Crippen LogP contribution in [0.4, 0.5) is 10.1 Å². The van der Waals surface area contributed by atoms with E-state index in [0.29, 0.717) is 23.6 Å². The minimum atomic E-state index is -0.670. The fraction of sp³-hybridized carbons (Fsp3) is 0.391. The summed E-state index contributed by atoms with van der Waals surface area (Å²) in [6.45, 7) is 2.54. The highest BCUT2D eigenvalue weighted by Gasteiger charge is 2.41. The molecule has 1 aliphatic carbocycles. The summed E-state index contributed by atoms with van der Waals surface area (Å²) in [6, 6.07) is 13.5. The third-order valence-corrected chi connectivity index (χ3v) is 5.36. The molecule has 1 saturated carbocycles. The lowest BCUT2D eigenvalue weighted by Gasteiger charge is -2.36. The molecule has 28 heavy (non-hydrogen) atoms. The topological polar surface area (TPSA) is 62.1 Å². The first-order valence-corrected chi connectivity index (χ1v) is 9.83. The van der Waals surface area contributed by atoms with Crippen molar-refractivity contribution in [3.8, 4) is 11.8 Å². The smallest absolute Gasteiger partial charge is 0.235 e. The van der Waals surface area contributed by atoms with Gasteiger partial charge in [0.2, 0.25) is 5.91 Å². The molecule has 0 radical (unpaired) electrons. The van der Waals surface area contributed by atoms with Gasteiger partial charge in [0.15, 0.2) is 0 Å². The number of carbonyl (C=O) groups is 1. The number of nitriles is 1. The molecule has 5 heteroatoms. The van der Waals surface area contributed by atoms with Gasteiger partial charge in [-0.15, -0.1) is 0 Å². The van der Waals surface area contributed by atoms with E-state index in [-0.39, 0.29) is 11.7 Å². The van der Waals surface area contributed by atoms with Gasteiger partial charge in [0.1, 0.15) is 17.6 Å². The predicted molar refractivity (Wildman–Crippen MR) is 107 cm³/mol. The van der Waals surface area contributed by atoms with E-state index in [1.807, 2.05) is 6.92 Å². The molecule has 2 aromatic rings. The minimum Gasteiger partial charge on any atom is -0.492 e. The number of benzene rings is 2. The molecular formula is C23H25FN2O2. The van der Waals surface area contributed by atoms with Crippen LogP contribution in [0, 0.1) is 17.1 Å². The third-order valence-electron chi connectivity index (χ3n) is 5.36. The lowest BCUT2D eigenvalue weighted by Crippen LogP contribution is -2.42. The van der Waals surface area contributed by atoms with Crippen molar-refractivity contribution in [3.05, 3.63) is 59.4 Å². The maximum absolute atomic E-state index is 13.4. The number of amides is 1. The van der Waals surface area contributed by atoms with Gasteiger partial charge in [0, 0.05) is 5.69 Å². The number of nitrogens with zero attached hydrogens (tertiary/aromatic N) is 1. The van der Waals surface area contributed by atoms with E-state index in [2.05, 4.69) is 11.4 Å². The Morgan fingerprint density at radius 3 is 2.54 bits per heavy atom. The number of hydrogen-bond donors (Lipinski definition) is 1. The van der Waals surface area contributed by atoms with Gasteiger partial charge in [-0.2, -0.15) is 5.26 Å². The Hall–Kier alpha value is -2.87. The number of hydrogen-bond acceptors (Lipinski definition) is 3. The van der Waals surface area contributed by atoms with Gasteiger partial charge in [-0.3, -0.25) is 4.79 Å². The quantitative estimate of drug-likeness (QED) is 0.737. The highest BCUT2D eigenvalue weighted by molar-refractivity contribution is 5.99. The van der Waals surface area contributed by atoms with Crippen molar-refractivity contribution >= 4 is 11.6 Å². The van der Waals surface area contributed by atoms with Gasteiger partial charge in [-0.25, -0.2) is 4.39 Å². The Kier molecular flexibility index (Phi) is 6.30.